The molecule has 166 valence electrons. The molecule has 0 radical (unpaired) electrons. The van der Waals surface area contributed by atoms with Crippen molar-refractivity contribution in [3.63, 3.8) is 0 Å². The van der Waals surface area contributed by atoms with E-state index >= 15 is 0 Å². The third kappa shape index (κ3) is 3.92. The standard InChI is InChI=1S/C23H32O7/c1-13(2)23(27)11-8-16-18(25)9-10-22(4)19(29-14(3)24)7-6-15(21(26)28-5)12-17(23)20(16)30-22/h12-13,17,19,27H,6-11H2,1-5H3/b15-12+/t17-,19+,22-,23+/m0/s1. The van der Waals surface area contributed by atoms with E-state index in [-0.39, 0.29) is 18.1 Å². The summed E-state index contributed by atoms with van der Waals surface area (Å²) in [5, 5.41) is 11.6. The van der Waals surface area contributed by atoms with Gasteiger partial charge in [-0.3, -0.25) is 9.59 Å². The minimum absolute atomic E-state index is 0.0142. The van der Waals surface area contributed by atoms with Crippen molar-refractivity contribution >= 4 is 17.7 Å². The first kappa shape index (κ1) is 22.5. The van der Waals surface area contributed by atoms with Gasteiger partial charge >= 0.3 is 11.9 Å². The summed E-state index contributed by atoms with van der Waals surface area (Å²) in [6.07, 6.45) is 3.20. The number of carbonyl (C=O) groups excluding carboxylic acids is 3. The van der Waals surface area contributed by atoms with Gasteiger partial charge in [0.25, 0.3) is 0 Å². The van der Waals surface area contributed by atoms with Crippen LogP contribution in [0.4, 0.5) is 0 Å². The Hall–Kier alpha value is -2.15. The van der Waals surface area contributed by atoms with Crippen LogP contribution in [0.3, 0.4) is 0 Å². The molecule has 0 unspecified atom stereocenters. The molecule has 2 aliphatic heterocycles. The van der Waals surface area contributed by atoms with E-state index in [2.05, 4.69) is 0 Å². The van der Waals surface area contributed by atoms with Crippen LogP contribution in [-0.2, 0) is 28.6 Å². The Labute approximate surface area is 177 Å². The summed E-state index contributed by atoms with van der Waals surface area (Å²) in [4.78, 5) is 37.3. The fraction of sp³-hybridized carbons (Fsp3) is 0.696. The van der Waals surface area contributed by atoms with E-state index in [0.29, 0.717) is 49.0 Å². The molecule has 1 N–H and O–H groups in total. The molecule has 0 fully saturated rings. The van der Waals surface area contributed by atoms with Crippen LogP contribution in [0.15, 0.2) is 23.0 Å². The monoisotopic (exact) mass is 420 g/mol. The van der Waals surface area contributed by atoms with Gasteiger partial charge in [-0.05, 0) is 44.9 Å². The van der Waals surface area contributed by atoms with Crippen LogP contribution in [0.5, 0.6) is 0 Å². The van der Waals surface area contributed by atoms with Crippen LogP contribution in [0.2, 0.25) is 0 Å². The number of hydrogen-bond acceptors (Lipinski definition) is 7. The second-order valence-electron chi connectivity index (χ2n) is 9.12. The number of rotatable bonds is 3. The highest BCUT2D eigenvalue weighted by molar-refractivity contribution is 5.96. The zero-order valence-electron chi connectivity index (χ0n) is 18.4. The molecule has 0 aromatic rings. The zero-order chi connectivity index (χ0) is 22.3. The second kappa shape index (κ2) is 8.17. The number of ketones is 1. The molecule has 0 aromatic carbocycles. The molecule has 7 heteroatoms. The van der Waals surface area contributed by atoms with E-state index in [0.717, 1.165) is 0 Å². The van der Waals surface area contributed by atoms with Crippen molar-refractivity contribution in [3.8, 4) is 0 Å². The van der Waals surface area contributed by atoms with Gasteiger partial charge in [0.2, 0.25) is 0 Å². The lowest BCUT2D eigenvalue weighted by molar-refractivity contribution is -0.168. The number of Topliss-reactive ketones (excluding diaryl/α,β-unsaturated/α-hetero) is 1. The van der Waals surface area contributed by atoms with Crippen LogP contribution in [0.1, 0.15) is 66.2 Å². The molecule has 0 saturated carbocycles. The van der Waals surface area contributed by atoms with Gasteiger partial charge in [0.05, 0.1) is 18.6 Å². The number of methoxy groups -OCH3 is 1. The Morgan fingerprint density at radius 2 is 1.93 bits per heavy atom. The lowest BCUT2D eigenvalue weighted by atomic mass is 9.68. The van der Waals surface area contributed by atoms with Crippen molar-refractivity contribution in [2.75, 3.05) is 7.11 Å². The van der Waals surface area contributed by atoms with Gasteiger partial charge in [0.1, 0.15) is 17.5 Å². The number of carbonyl (C=O) groups is 3. The topological polar surface area (TPSA) is 99.1 Å². The summed E-state index contributed by atoms with van der Waals surface area (Å²) < 4.78 is 17.1. The maximum Gasteiger partial charge on any atom is 0.333 e. The minimum atomic E-state index is -1.18. The first-order chi connectivity index (χ1) is 14.0. The molecule has 4 atom stereocenters. The minimum Gasteiger partial charge on any atom is -0.487 e. The predicted molar refractivity (Wildman–Crippen MR) is 108 cm³/mol. The van der Waals surface area contributed by atoms with Gasteiger partial charge in [-0.15, -0.1) is 0 Å². The molecule has 2 heterocycles. The number of aliphatic hydroxyl groups is 1. The average Bonchev–Trinajstić information content (AvgIpc) is 2.77. The van der Waals surface area contributed by atoms with Crippen LogP contribution in [0, 0.1) is 11.8 Å². The summed E-state index contributed by atoms with van der Waals surface area (Å²) >= 11 is 0. The zero-order valence-corrected chi connectivity index (χ0v) is 18.4. The van der Waals surface area contributed by atoms with Crippen molar-refractivity contribution in [1.29, 1.82) is 0 Å². The number of fused-ring (bicyclic) bond motifs is 1. The van der Waals surface area contributed by atoms with Crippen LogP contribution < -0.4 is 0 Å². The Balaban J connectivity index is 2.22. The predicted octanol–water partition coefficient (Wildman–Crippen LogP) is 3.00. The van der Waals surface area contributed by atoms with Crippen molar-refractivity contribution in [2.45, 2.75) is 83.5 Å². The lowest BCUT2D eigenvalue weighted by Crippen LogP contribution is -2.49. The largest absolute Gasteiger partial charge is 0.487 e. The van der Waals surface area contributed by atoms with Gasteiger partial charge in [-0.1, -0.05) is 19.9 Å². The highest BCUT2D eigenvalue weighted by Gasteiger charge is 2.52. The summed E-state index contributed by atoms with van der Waals surface area (Å²) in [7, 11) is 1.31. The van der Waals surface area contributed by atoms with E-state index in [4.69, 9.17) is 14.2 Å². The number of hydrogen-bond donors (Lipinski definition) is 1. The van der Waals surface area contributed by atoms with E-state index in [1.807, 2.05) is 20.8 Å². The number of ether oxygens (including phenoxy) is 3. The van der Waals surface area contributed by atoms with Crippen molar-refractivity contribution in [1.82, 2.24) is 0 Å². The number of esters is 2. The van der Waals surface area contributed by atoms with E-state index in [1.54, 1.807) is 6.08 Å². The maximum absolute atomic E-state index is 13.0. The molecule has 3 aliphatic rings. The van der Waals surface area contributed by atoms with Gasteiger partial charge in [-0.25, -0.2) is 4.79 Å². The summed E-state index contributed by atoms with van der Waals surface area (Å²) in [6.45, 7) is 7.01. The van der Waals surface area contributed by atoms with Gasteiger partial charge in [-0.2, -0.15) is 0 Å². The molecule has 0 saturated heterocycles. The van der Waals surface area contributed by atoms with Crippen LogP contribution >= 0.6 is 0 Å². The molecular weight excluding hydrogens is 388 g/mol. The maximum atomic E-state index is 13.0. The molecule has 0 spiro atoms. The smallest absolute Gasteiger partial charge is 0.333 e. The molecule has 3 rings (SSSR count). The van der Waals surface area contributed by atoms with E-state index in [1.165, 1.54) is 14.0 Å². The highest BCUT2D eigenvalue weighted by Crippen LogP contribution is 2.49. The quantitative estimate of drug-likeness (QED) is 0.701. The fourth-order valence-electron chi connectivity index (χ4n) is 4.89. The number of allylic oxidation sites excluding steroid dienone is 1. The molecule has 1 aliphatic carbocycles. The molecule has 7 nitrogen and oxygen atoms in total. The van der Waals surface area contributed by atoms with Crippen molar-refractivity contribution < 1.29 is 33.7 Å². The third-order valence-corrected chi connectivity index (χ3v) is 6.90. The average molecular weight is 421 g/mol. The lowest BCUT2D eigenvalue weighted by Gasteiger charge is -2.45. The molecule has 0 aromatic heterocycles. The second-order valence-corrected chi connectivity index (χ2v) is 9.12. The van der Waals surface area contributed by atoms with Crippen molar-refractivity contribution in [3.05, 3.63) is 23.0 Å². The summed E-state index contributed by atoms with van der Waals surface area (Å²) in [5.41, 5.74) is -1.16. The van der Waals surface area contributed by atoms with Crippen LogP contribution in [-0.4, -0.2) is 47.2 Å². The molecular formula is C23H32O7. The molecule has 0 amide bonds. The molecule has 30 heavy (non-hydrogen) atoms. The Morgan fingerprint density at radius 1 is 1.23 bits per heavy atom. The first-order valence-electron chi connectivity index (χ1n) is 10.7. The first-order valence-corrected chi connectivity index (χ1v) is 10.7. The fourth-order valence-corrected chi connectivity index (χ4v) is 4.89. The Bertz CT molecular complexity index is 808. The van der Waals surface area contributed by atoms with Gasteiger partial charge in [0, 0.05) is 24.5 Å². The Kier molecular flexibility index (Phi) is 6.14. The Morgan fingerprint density at radius 3 is 2.53 bits per heavy atom. The van der Waals surface area contributed by atoms with Crippen LogP contribution in [0.25, 0.3) is 0 Å². The summed E-state index contributed by atoms with van der Waals surface area (Å²) in [5.74, 6) is -1.35. The van der Waals surface area contributed by atoms with Gasteiger partial charge < -0.3 is 19.3 Å². The van der Waals surface area contributed by atoms with E-state index < -0.39 is 35.2 Å². The SMILES string of the molecule is COC(=O)/C1=C/[C@H]2C3=C(CC[C@@]2(O)C(C)C)C(=O)CC[C@](C)(O3)[C@H](OC(C)=O)CC1. The summed E-state index contributed by atoms with van der Waals surface area (Å²) in [6, 6.07) is 0. The normalized spacial score (nSPS) is 35.8. The molecule has 2 bridgehead atoms. The van der Waals surface area contributed by atoms with Gasteiger partial charge in [0.15, 0.2) is 5.78 Å². The van der Waals surface area contributed by atoms with E-state index in [9.17, 15) is 19.5 Å². The van der Waals surface area contributed by atoms with Crippen molar-refractivity contribution in [2.24, 2.45) is 11.8 Å². The highest BCUT2D eigenvalue weighted by atomic mass is 16.6. The third-order valence-electron chi connectivity index (χ3n) is 6.90.